The minimum absolute atomic E-state index is 0.243. The first-order valence-corrected chi connectivity index (χ1v) is 6.19. The number of carboxylic acids is 1. The molecule has 1 saturated carbocycles. The SMILES string of the molecule is C/C(=C(\C(=O)O)C1CCCC1)c1ccccc1. The Balaban J connectivity index is 2.40. The van der Waals surface area contributed by atoms with Crippen LogP contribution in [0, 0.1) is 5.92 Å². The summed E-state index contributed by atoms with van der Waals surface area (Å²) in [6.45, 7) is 1.93. The molecule has 2 nitrogen and oxygen atoms in total. The summed E-state index contributed by atoms with van der Waals surface area (Å²) in [5.41, 5.74) is 2.57. The number of carbonyl (C=O) groups is 1. The standard InChI is InChI=1S/C15H18O2/c1-11(12-7-3-2-4-8-12)14(15(16)17)13-9-5-6-10-13/h2-4,7-8,13H,5-6,9-10H2,1H3,(H,16,17)/b14-11+. The van der Waals surface area contributed by atoms with E-state index in [-0.39, 0.29) is 5.92 Å². The van der Waals surface area contributed by atoms with Crippen LogP contribution in [0.3, 0.4) is 0 Å². The molecule has 1 N–H and O–H groups in total. The minimum Gasteiger partial charge on any atom is -0.478 e. The van der Waals surface area contributed by atoms with Gasteiger partial charge in [-0.15, -0.1) is 0 Å². The summed E-state index contributed by atoms with van der Waals surface area (Å²) in [7, 11) is 0. The lowest BCUT2D eigenvalue weighted by Crippen LogP contribution is -2.11. The van der Waals surface area contributed by atoms with Crippen LogP contribution in [0.25, 0.3) is 5.57 Å². The molecule has 0 atom stereocenters. The van der Waals surface area contributed by atoms with Gasteiger partial charge in [0.05, 0.1) is 0 Å². The van der Waals surface area contributed by atoms with Gasteiger partial charge in [-0.25, -0.2) is 4.79 Å². The van der Waals surface area contributed by atoms with Gasteiger partial charge in [0, 0.05) is 5.57 Å². The first-order chi connectivity index (χ1) is 8.20. The molecule has 90 valence electrons. The average molecular weight is 230 g/mol. The summed E-state index contributed by atoms with van der Waals surface area (Å²) in [6.07, 6.45) is 4.35. The van der Waals surface area contributed by atoms with E-state index in [1.54, 1.807) is 0 Å². The highest BCUT2D eigenvalue weighted by Gasteiger charge is 2.26. The molecule has 0 heterocycles. The third-order valence-electron chi connectivity index (χ3n) is 3.60. The highest BCUT2D eigenvalue weighted by Crippen LogP contribution is 2.35. The fourth-order valence-corrected chi connectivity index (χ4v) is 2.70. The number of benzene rings is 1. The van der Waals surface area contributed by atoms with Crippen LogP contribution in [0.5, 0.6) is 0 Å². The first-order valence-electron chi connectivity index (χ1n) is 6.19. The van der Waals surface area contributed by atoms with E-state index in [0.29, 0.717) is 5.57 Å². The van der Waals surface area contributed by atoms with Gasteiger partial charge in [0.15, 0.2) is 0 Å². The van der Waals surface area contributed by atoms with Crippen molar-refractivity contribution in [3.63, 3.8) is 0 Å². The van der Waals surface area contributed by atoms with Gasteiger partial charge in [0.2, 0.25) is 0 Å². The summed E-state index contributed by atoms with van der Waals surface area (Å²) in [4.78, 5) is 11.4. The number of rotatable bonds is 3. The summed E-state index contributed by atoms with van der Waals surface area (Å²) < 4.78 is 0. The van der Waals surface area contributed by atoms with Crippen LogP contribution < -0.4 is 0 Å². The molecule has 2 heteroatoms. The van der Waals surface area contributed by atoms with Crippen molar-refractivity contribution >= 4 is 11.5 Å². The number of hydrogen-bond acceptors (Lipinski definition) is 1. The molecule has 17 heavy (non-hydrogen) atoms. The molecule has 1 fully saturated rings. The van der Waals surface area contributed by atoms with Crippen molar-refractivity contribution < 1.29 is 9.90 Å². The molecule has 1 aromatic carbocycles. The van der Waals surface area contributed by atoms with Gasteiger partial charge >= 0.3 is 5.97 Å². The molecule has 0 aromatic heterocycles. The van der Waals surface area contributed by atoms with Crippen molar-refractivity contribution in [1.29, 1.82) is 0 Å². The van der Waals surface area contributed by atoms with Crippen molar-refractivity contribution in [3.05, 3.63) is 41.5 Å². The third-order valence-corrected chi connectivity index (χ3v) is 3.60. The molecular weight excluding hydrogens is 212 g/mol. The van der Waals surface area contributed by atoms with Gasteiger partial charge < -0.3 is 5.11 Å². The Labute approximate surface area is 102 Å². The zero-order chi connectivity index (χ0) is 12.3. The second kappa shape index (κ2) is 5.17. The molecule has 0 aliphatic heterocycles. The molecule has 0 unspecified atom stereocenters. The van der Waals surface area contributed by atoms with Gasteiger partial charge in [0.25, 0.3) is 0 Å². The van der Waals surface area contributed by atoms with E-state index in [2.05, 4.69) is 0 Å². The normalized spacial score (nSPS) is 17.9. The molecule has 0 radical (unpaired) electrons. The Morgan fingerprint density at radius 3 is 2.29 bits per heavy atom. The zero-order valence-corrected chi connectivity index (χ0v) is 10.1. The monoisotopic (exact) mass is 230 g/mol. The summed E-state index contributed by atoms with van der Waals surface area (Å²) in [6, 6.07) is 9.81. The van der Waals surface area contributed by atoms with E-state index in [1.165, 1.54) is 0 Å². The first kappa shape index (κ1) is 11.9. The van der Waals surface area contributed by atoms with Crippen LogP contribution in [-0.4, -0.2) is 11.1 Å². The zero-order valence-electron chi connectivity index (χ0n) is 10.1. The molecule has 1 aliphatic carbocycles. The molecule has 0 saturated heterocycles. The molecule has 0 bridgehead atoms. The maximum absolute atomic E-state index is 11.4. The second-order valence-electron chi connectivity index (χ2n) is 4.69. The predicted octanol–water partition coefficient (Wildman–Crippen LogP) is 3.73. The Morgan fingerprint density at radius 2 is 1.76 bits per heavy atom. The Morgan fingerprint density at radius 1 is 1.18 bits per heavy atom. The van der Waals surface area contributed by atoms with Gasteiger partial charge in [-0.3, -0.25) is 0 Å². The van der Waals surface area contributed by atoms with Gasteiger partial charge in [-0.2, -0.15) is 0 Å². The van der Waals surface area contributed by atoms with Crippen molar-refractivity contribution in [1.82, 2.24) is 0 Å². The number of carboxylic acid groups (broad SMARTS) is 1. The van der Waals surface area contributed by atoms with Crippen molar-refractivity contribution in [2.75, 3.05) is 0 Å². The molecule has 0 amide bonds. The lowest BCUT2D eigenvalue weighted by atomic mass is 9.90. The quantitative estimate of drug-likeness (QED) is 0.803. The van der Waals surface area contributed by atoms with Crippen LogP contribution in [0.1, 0.15) is 38.2 Å². The van der Waals surface area contributed by atoms with Crippen LogP contribution in [0.2, 0.25) is 0 Å². The highest BCUT2D eigenvalue weighted by atomic mass is 16.4. The van der Waals surface area contributed by atoms with Gasteiger partial charge in [0.1, 0.15) is 0 Å². The Hall–Kier alpha value is -1.57. The van der Waals surface area contributed by atoms with E-state index >= 15 is 0 Å². The Kier molecular flexibility index (Phi) is 3.62. The number of aliphatic carboxylic acids is 1. The molecular formula is C15H18O2. The smallest absolute Gasteiger partial charge is 0.332 e. The van der Waals surface area contributed by atoms with E-state index < -0.39 is 5.97 Å². The van der Waals surface area contributed by atoms with E-state index in [9.17, 15) is 9.90 Å². The van der Waals surface area contributed by atoms with Crippen molar-refractivity contribution in [3.8, 4) is 0 Å². The van der Waals surface area contributed by atoms with Crippen LogP contribution in [-0.2, 0) is 4.79 Å². The third kappa shape index (κ3) is 2.57. The lowest BCUT2D eigenvalue weighted by Gasteiger charge is -2.14. The van der Waals surface area contributed by atoms with Crippen molar-refractivity contribution in [2.24, 2.45) is 5.92 Å². The van der Waals surface area contributed by atoms with Crippen molar-refractivity contribution in [2.45, 2.75) is 32.6 Å². The van der Waals surface area contributed by atoms with Gasteiger partial charge in [-0.05, 0) is 36.8 Å². The molecule has 2 rings (SSSR count). The summed E-state index contributed by atoms with van der Waals surface area (Å²) in [5, 5.41) is 9.41. The number of hydrogen-bond donors (Lipinski definition) is 1. The van der Waals surface area contributed by atoms with Crippen LogP contribution in [0.4, 0.5) is 0 Å². The van der Waals surface area contributed by atoms with E-state index in [0.717, 1.165) is 36.8 Å². The molecule has 1 aliphatic rings. The predicted molar refractivity (Wildman–Crippen MR) is 68.6 cm³/mol. The number of allylic oxidation sites excluding steroid dienone is 1. The average Bonchev–Trinajstić information content (AvgIpc) is 2.83. The van der Waals surface area contributed by atoms with Crippen LogP contribution >= 0.6 is 0 Å². The molecule has 1 aromatic rings. The summed E-state index contributed by atoms with van der Waals surface area (Å²) in [5.74, 6) is -0.508. The summed E-state index contributed by atoms with van der Waals surface area (Å²) >= 11 is 0. The van der Waals surface area contributed by atoms with E-state index in [4.69, 9.17) is 0 Å². The Bertz CT molecular complexity index is 425. The van der Waals surface area contributed by atoms with Crippen LogP contribution in [0.15, 0.2) is 35.9 Å². The highest BCUT2D eigenvalue weighted by molar-refractivity contribution is 5.96. The van der Waals surface area contributed by atoms with Gasteiger partial charge in [-0.1, -0.05) is 43.2 Å². The minimum atomic E-state index is -0.752. The fourth-order valence-electron chi connectivity index (χ4n) is 2.70. The maximum atomic E-state index is 11.4. The largest absolute Gasteiger partial charge is 0.478 e. The lowest BCUT2D eigenvalue weighted by molar-refractivity contribution is -0.133. The molecule has 0 spiro atoms. The maximum Gasteiger partial charge on any atom is 0.332 e. The topological polar surface area (TPSA) is 37.3 Å². The fraction of sp³-hybridized carbons (Fsp3) is 0.400. The second-order valence-corrected chi connectivity index (χ2v) is 4.69. The van der Waals surface area contributed by atoms with E-state index in [1.807, 2.05) is 37.3 Å².